The lowest BCUT2D eigenvalue weighted by atomic mass is 9.89. The largest absolute Gasteiger partial charge is 0.345 e. The minimum absolute atomic E-state index is 0.0602. The van der Waals surface area contributed by atoms with Crippen LogP contribution in [0.3, 0.4) is 0 Å². The molecule has 0 aliphatic carbocycles. The summed E-state index contributed by atoms with van der Waals surface area (Å²) in [5, 5.41) is 0. The minimum atomic E-state index is -3.60. The highest BCUT2D eigenvalue weighted by molar-refractivity contribution is 7.89. The molecule has 1 amide bonds. The molecular weight excluding hydrogens is 366 g/mol. The molecule has 27 heavy (non-hydrogen) atoms. The predicted molar refractivity (Wildman–Crippen MR) is 101 cm³/mol. The molecule has 0 atom stereocenters. The zero-order valence-corrected chi connectivity index (χ0v) is 16.2. The first-order valence-corrected chi connectivity index (χ1v) is 10.3. The molecule has 0 unspecified atom stereocenters. The highest BCUT2D eigenvalue weighted by Gasteiger charge is 2.30. The number of benzene rings is 1. The van der Waals surface area contributed by atoms with Gasteiger partial charge in [0.05, 0.1) is 0 Å². The smallest absolute Gasteiger partial charge is 0.270 e. The Hall–Kier alpha value is -2.45. The number of likely N-dealkylation sites (tertiary alicyclic amines) is 1. The van der Waals surface area contributed by atoms with Gasteiger partial charge in [-0.2, -0.15) is 0 Å². The molecule has 7 nitrogen and oxygen atoms in total. The maximum Gasteiger partial charge on any atom is 0.270 e. The second kappa shape index (κ2) is 7.66. The van der Waals surface area contributed by atoms with E-state index < -0.39 is 10.0 Å². The summed E-state index contributed by atoms with van der Waals surface area (Å²) in [7, 11) is -0.623. The van der Waals surface area contributed by atoms with E-state index in [0.29, 0.717) is 37.2 Å². The van der Waals surface area contributed by atoms with Crippen LogP contribution in [0.5, 0.6) is 0 Å². The first-order chi connectivity index (χ1) is 12.8. The van der Waals surface area contributed by atoms with E-state index in [2.05, 4.69) is 4.72 Å². The third-order valence-corrected chi connectivity index (χ3v) is 6.37. The van der Waals surface area contributed by atoms with E-state index in [0.717, 1.165) is 0 Å². The van der Waals surface area contributed by atoms with Crippen LogP contribution in [0.2, 0.25) is 0 Å². The molecule has 0 spiro atoms. The molecule has 8 heteroatoms. The van der Waals surface area contributed by atoms with Crippen LogP contribution in [0, 0.1) is 5.92 Å². The molecule has 1 N–H and O–H groups in total. The molecule has 1 aliphatic rings. The van der Waals surface area contributed by atoms with Gasteiger partial charge in [-0.1, -0.05) is 30.3 Å². The molecule has 2 aromatic rings. The van der Waals surface area contributed by atoms with E-state index in [-0.39, 0.29) is 22.5 Å². The number of hydrogen-bond donors (Lipinski definition) is 1. The Morgan fingerprint density at radius 2 is 1.74 bits per heavy atom. The number of sulfonamides is 1. The van der Waals surface area contributed by atoms with Gasteiger partial charge in [0.15, 0.2) is 5.78 Å². The van der Waals surface area contributed by atoms with E-state index in [1.165, 1.54) is 23.9 Å². The molecule has 1 fully saturated rings. The van der Waals surface area contributed by atoms with Crippen molar-refractivity contribution in [1.29, 1.82) is 0 Å². The van der Waals surface area contributed by atoms with Gasteiger partial charge in [-0.25, -0.2) is 13.1 Å². The van der Waals surface area contributed by atoms with Gasteiger partial charge in [-0.05, 0) is 26.0 Å². The van der Waals surface area contributed by atoms with Crippen LogP contribution in [0.4, 0.5) is 0 Å². The van der Waals surface area contributed by atoms with Crippen LogP contribution in [0.1, 0.15) is 33.7 Å². The van der Waals surface area contributed by atoms with E-state index in [4.69, 9.17) is 0 Å². The Balaban J connectivity index is 1.68. The van der Waals surface area contributed by atoms with Crippen LogP contribution < -0.4 is 4.72 Å². The van der Waals surface area contributed by atoms with Crippen molar-refractivity contribution in [2.45, 2.75) is 17.7 Å². The molecule has 1 saturated heterocycles. The van der Waals surface area contributed by atoms with Crippen LogP contribution >= 0.6 is 0 Å². The number of hydrogen-bond acceptors (Lipinski definition) is 4. The number of piperidine rings is 1. The Morgan fingerprint density at radius 3 is 2.33 bits per heavy atom. The molecule has 0 saturated carbocycles. The normalized spacial score (nSPS) is 15.7. The maximum absolute atomic E-state index is 12.8. The van der Waals surface area contributed by atoms with E-state index in [1.807, 2.05) is 30.3 Å². The summed E-state index contributed by atoms with van der Waals surface area (Å²) < 4.78 is 27.6. The SMILES string of the molecule is CNS(=O)(=O)c1cc(C(=O)N2CCC(C(=O)c3ccccc3)CC2)n(C)c1. The number of nitrogens with zero attached hydrogens (tertiary/aromatic N) is 2. The van der Waals surface area contributed by atoms with Crippen LogP contribution in [0.25, 0.3) is 0 Å². The Bertz CT molecular complexity index is 943. The number of Topliss-reactive ketones (excluding diaryl/α,β-unsaturated/α-hetero) is 1. The van der Waals surface area contributed by atoms with Crippen molar-refractivity contribution in [2.75, 3.05) is 20.1 Å². The maximum atomic E-state index is 12.8. The summed E-state index contributed by atoms with van der Waals surface area (Å²) >= 11 is 0. The third-order valence-electron chi connectivity index (χ3n) is 4.99. The zero-order valence-electron chi connectivity index (χ0n) is 15.4. The molecule has 1 aromatic carbocycles. The first kappa shape index (κ1) is 19.3. The van der Waals surface area contributed by atoms with Gasteiger partial charge < -0.3 is 9.47 Å². The Labute approximate surface area is 159 Å². The van der Waals surface area contributed by atoms with Crippen LogP contribution in [-0.4, -0.2) is 49.7 Å². The average Bonchev–Trinajstić information content (AvgIpc) is 3.10. The van der Waals surface area contributed by atoms with Crippen molar-refractivity contribution >= 4 is 21.7 Å². The summed E-state index contributed by atoms with van der Waals surface area (Å²) in [6, 6.07) is 10.6. The lowest BCUT2D eigenvalue weighted by molar-refractivity contribution is 0.0642. The fraction of sp³-hybridized carbons (Fsp3) is 0.368. The average molecular weight is 389 g/mol. The van der Waals surface area contributed by atoms with Gasteiger partial charge in [0.2, 0.25) is 10.0 Å². The highest BCUT2D eigenvalue weighted by Crippen LogP contribution is 2.24. The number of rotatable bonds is 5. The van der Waals surface area contributed by atoms with E-state index in [1.54, 1.807) is 11.9 Å². The zero-order chi connectivity index (χ0) is 19.6. The van der Waals surface area contributed by atoms with Crippen molar-refractivity contribution in [3.63, 3.8) is 0 Å². The molecule has 1 aromatic heterocycles. The highest BCUT2D eigenvalue weighted by atomic mass is 32.2. The summed E-state index contributed by atoms with van der Waals surface area (Å²) in [5.41, 5.74) is 1.02. The minimum Gasteiger partial charge on any atom is -0.345 e. The number of amides is 1. The van der Waals surface area contributed by atoms with Crippen molar-refractivity contribution in [3.05, 3.63) is 53.9 Å². The number of aryl methyl sites for hydroxylation is 1. The van der Waals surface area contributed by atoms with Crippen LogP contribution in [0.15, 0.2) is 47.5 Å². The topological polar surface area (TPSA) is 88.5 Å². The Kier molecular flexibility index (Phi) is 5.48. The number of ketones is 1. The monoisotopic (exact) mass is 389 g/mol. The van der Waals surface area contributed by atoms with Gasteiger partial charge in [0.1, 0.15) is 10.6 Å². The first-order valence-electron chi connectivity index (χ1n) is 8.82. The van der Waals surface area contributed by atoms with Gasteiger partial charge >= 0.3 is 0 Å². The number of carbonyl (C=O) groups is 2. The molecule has 3 rings (SSSR count). The predicted octanol–water partition coefficient (Wildman–Crippen LogP) is 1.67. The summed E-state index contributed by atoms with van der Waals surface area (Å²) in [6.07, 6.45) is 2.63. The third kappa shape index (κ3) is 3.96. The van der Waals surface area contributed by atoms with Crippen molar-refractivity contribution in [3.8, 4) is 0 Å². The van der Waals surface area contributed by atoms with E-state index in [9.17, 15) is 18.0 Å². The number of carbonyl (C=O) groups excluding carboxylic acids is 2. The second-order valence-corrected chi connectivity index (χ2v) is 8.56. The summed E-state index contributed by atoms with van der Waals surface area (Å²) in [6.45, 7) is 0.947. The second-order valence-electron chi connectivity index (χ2n) is 6.68. The van der Waals surface area contributed by atoms with Gasteiger partial charge in [-0.3, -0.25) is 9.59 Å². The lowest BCUT2D eigenvalue weighted by Gasteiger charge is -2.31. The van der Waals surface area contributed by atoms with Gasteiger partial charge in [0, 0.05) is 37.8 Å². The number of nitrogens with one attached hydrogen (secondary N) is 1. The van der Waals surface area contributed by atoms with Crippen molar-refractivity contribution < 1.29 is 18.0 Å². The standard InChI is InChI=1S/C19H23N3O4S/c1-20-27(25,26)16-12-17(21(2)13-16)19(24)22-10-8-15(9-11-22)18(23)14-6-4-3-5-7-14/h3-7,12-13,15,20H,8-11H2,1-2H3. The van der Waals surface area contributed by atoms with Crippen molar-refractivity contribution in [2.24, 2.45) is 13.0 Å². The molecule has 0 bridgehead atoms. The molecular formula is C19H23N3O4S. The quantitative estimate of drug-likeness (QED) is 0.788. The molecule has 2 heterocycles. The van der Waals surface area contributed by atoms with E-state index >= 15 is 0 Å². The number of aromatic nitrogens is 1. The van der Waals surface area contributed by atoms with Crippen molar-refractivity contribution in [1.82, 2.24) is 14.2 Å². The molecule has 1 aliphatic heterocycles. The fourth-order valence-electron chi connectivity index (χ4n) is 3.36. The molecule has 0 radical (unpaired) electrons. The van der Waals surface area contributed by atoms with Gasteiger partial charge in [-0.15, -0.1) is 0 Å². The fourth-order valence-corrected chi connectivity index (χ4v) is 4.16. The summed E-state index contributed by atoms with van der Waals surface area (Å²) in [4.78, 5) is 27.1. The lowest BCUT2D eigenvalue weighted by Crippen LogP contribution is -2.40. The van der Waals surface area contributed by atoms with Crippen LogP contribution in [-0.2, 0) is 17.1 Å². The molecule has 144 valence electrons. The summed E-state index contributed by atoms with van der Waals surface area (Å²) in [5.74, 6) is -0.199. The Morgan fingerprint density at radius 1 is 1.11 bits per heavy atom. The van der Waals surface area contributed by atoms with Gasteiger partial charge in [0.25, 0.3) is 5.91 Å².